The van der Waals surface area contributed by atoms with E-state index < -0.39 is 17.4 Å². The van der Waals surface area contributed by atoms with Gasteiger partial charge in [-0.15, -0.1) is 0 Å². The SMILES string of the molecule is CC(NC(=O)C(C)(C)C1CCCC1)C(=O)O. The van der Waals surface area contributed by atoms with Crippen LogP contribution in [-0.4, -0.2) is 23.0 Å². The number of carbonyl (C=O) groups is 2. The standard InChI is InChI=1S/C12H21NO3/c1-8(10(14)15)13-11(16)12(2,3)9-6-4-5-7-9/h8-9H,4-7H2,1-3H3,(H,13,16)(H,14,15). The highest BCUT2D eigenvalue weighted by molar-refractivity contribution is 5.86. The van der Waals surface area contributed by atoms with Crippen molar-refractivity contribution in [2.75, 3.05) is 0 Å². The predicted molar refractivity (Wildman–Crippen MR) is 61.0 cm³/mol. The smallest absolute Gasteiger partial charge is 0.325 e. The molecular weight excluding hydrogens is 206 g/mol. The van der Waals surface area contributed by atoms with Gasteiger partial charge in [-0.05, 0) is 25.7 Å². The fourth-order valence-electron chi connectivity index (χ4n) is 2.28. The van der Waals surface area contributed by atoms with Crippen molar-refractivity contribution in [3.63, 3.8) is 0 Å². The third kappa shape index (κ3) is 2.74. The van der Waals surface area contributed by atoms with Crippen molar-refractivity contribution in [3.8, 4) is 0 Å². The van der Waals surface area contributed by atoms with E-state index in [4.69, 9.17) is 5.11 Å². The van der Waals surface area contributed by atoms with Gasteiger partial charge in [-0.25, -0.2) is 0 Å². The molecule has 16 heavy (non-hydrogen) atoms. The van der Waals surface area contributed by atoms with Gasteiger partial charge in [0, 0.05) is 5.41 Å². The van der Waals surface area contributed by atoms with E-state index in [1.807, 2.05) is 13.8 Å². The first kappa shape index (κ1) is 13.0. The van der Waals surface area contributed by atoms with E-state index in [0.29, 0.717) is 5.92 Å². The van der Waals surface area contributed by atoms with E-state index in [1.54, 1.807) is 0 Å². The fraction of sp³-hybridized carbons (Fsp3) is 0.833. The Hall–Kier alpha value is -1.06. The second-order valence-electron chi connectivity index (χ2n) is 5.24. The molecule has 0 aromatic rings. The van der Waals surface area contributed by atoms with Gasteiger partial charge in [-0.1, -0.05) is 26.7 Å². The van der Waals surface area contributed by atoms with Gasteiger partial charge in [0.05, 0.1) is 0 Å². The molecule has 0 spiro atoms. The molecule has 92 valence electrons. The lowest BCUT2D eigenvalue weighted by molar-refractivity contribution is -0.143. The molecule has 0 aromatic heterocycles. The number of amides is 1. The number of nitrogens with one attached hydrogen (secondary N) is 1. The molecule has 1 unspecified atom stereocenters. The van der Waals surface area contributed by atoms with E-state index in [0.717, 1.165) is 12.8 Å². The van der Waals surface area contributed by atoms with Crippen molar-refractivity contribution < 1.29 is 14.7 Å². The molecular formula is C12H21NO3. The fourth-order valence-corrected chi connectivity index (χ4v) is 2.28. The van der Waals surface area contributed by atoms with Crippen LogP contribution < -0.4 is 5.32 Å². The van der Waals surface area contributed by atoms with Crippen LogP contribution in [0.3, 0.4) is 0 Å². The maximum absolute atomic E-state index is 12.0. The van der Waals surface area contributed by atoms with Gasteiger partial charge in [0.1, 0.15) is 6.04 Å². The van der Waals surface area contributed by atoms with Crippen LogP contribution in [0, 0.1) is 11.3 Å². The highest BCUT2D eigenvalue weighted by atomic mass is 16.4. The molecule has 4 nitrogen and oxygen atoms in total. The van der Waals surface area contributed by atoms with Crippen LogP contribution in [0.25, 0.3) is 0 Å². The molecule has 1 aliphatic rings. The van der Waals surface area contributed by atoms with Crippen LogP contribution in [0.5, 0.6) is 0 Å². The van der Waals surface area contributed by atoms with Gasteiger partial charge in [0.25, 0.3) is 0 Å². The summed E-state index contributed by atoms with van der Waals surface area (Å²) < 4.78 is 0. The quantitative estimate of drug-likeness (QED) is 0.769. The molecule has 0 radical (unpaired) electrons. The largest absolute Gasteiger partial charge is 0.480 e. The third-order valence-electron chi connectivity index (χ3n) is 3.68. The van der Waals surface area contributed by atoms with Gasteiger partial charge in [-0.3, -0.25) is 9.59 Å². The third-order valence-corrected chi connectivity index (χ3v) is 3.68. The number of carboxylic acid groups (broad SMARTS) is 1. The molecule has 1 saturated carbocycles. The Morgan fingerprint density at radius 1 is 1.31 bits per heavy atom. The molecule has 0 heterocycles. The van der Waals surface area contributed by atoms with Gasteiger partial charge in [0.2, 0.25) is 5.91 Å². The Kier molecular flexibility index (Phi) is 3.94. The van der Waals surface area contributed by atoms with E-state index in [-0.39, 0.29) is 5.91 Å². The monoisotopic (exact) mass is 227 g/mol. The van der Waals surface area contributed by atoms with Crippen LogP contribution >= 0.6 is 0 Å². The Bertz CT molecular complexity index is 280. The van der Waals surface area contributed by atoms with Crippen molar-refractivity contribution in [1.29, 1.82) is 0 Å². The molecule has 0 aliphatic heterocycles. The summed E-state index contributed by atoms with van der Waals surface area (Å²) in [4.78, 5) is 22.7. The molecule has 1 fully saturated rings. The number of carboxylic acids is 1. The Morgan fingerprint density at radius 2 is 1.81 bits per heavy atom. The molecule has 4 heteroatoms. The second-order valence-corrected chi connectivity index (χ2v) is 5.24. The van der Waals surface area contributed by atoms with Crippen LogP contribution in [0.15, 0.2) is 0 Å². The van der Waals surface area contributed by atoms with Crippen molar-refractivity contribution in [2.24, 2.45) is 11.3 Å². The minimum atomic E-state index is -0.990. The van der Waals surface area contributed by atoms with Gasteiger partial charge >= 0.3 is 5.97 Å². The summed E-state index contributed by atoms with van der Waals surface area (Å²) in [6, 6.07) is -0.812. The lowest BCUT2D eigenvalue weighted by Crippen LogP contribution is -2.47. The molecule has 1 aliphatic carbocycles. The Morgan fingerprint density at radius 3 is 2.25 bits per heavy atom. The first-order valence-electron chi connectivity index (χ1n) is 5.89. The number of carbonyl (C=O) groups excluding carboxylic acids is 1. The molecule has 1 amide bonds. The average molecular weight is 227 g/mol. The summed E-state index contributed by atoms with van der Waals surface area (Å²) in [5.74, 6) is -0.752. The maximum atomic E-state index is 12.0. The number of hydrogen-bond acceptors (Lipinski definition) is 2. The highest BCUT2D eigenvalue weighted by Crippen LogP contribution is 2.39. The summed E-state index contributed by atoms with van der Waals surface area (Å²) in [6.45, 7) is 5.31. The average Bonchev–Trinajstić information content (AvgIpc) is 2.70. The molecule has 0 bridgehead atoms. The highest BCUT2D eigenvalue weighted by Gasteiger charge is 2.38. The van der Waals surface area contributed by atoms with E-state index in [1.165, 1.54) is 19.8 Å². The van der Waals surface area contributed by atoms with Gasteiger partial charge < -0.3 is 10.4 Å². The number of aliphatic carboxylic acids is 1. The topological polar surface area (TPSA) is 66.4 Å². The molecule has 1 rings (SSSR count). The Balaban J connectivity index is 2.60. The zero-order valence-electron chi connectivity index (χ0n) is 10.2. The van der Waals surface area contributed by atoms with Crippen molar-refractivity contribution >= 4 is 11.9 Å². The summed E-state index contributed by atoms with van der Waals surface area (Å²) in [5, 5.41) is 11.3. The van der Waals surface area contributed by atoms with E-state index in [2.05, 4.69) is 5.32 Å². The van der Waals surface area contributed by atoms with Gasteiger partial charge in [-0.2, -0.15) is 0 Å². The zero-order valence-corrected chi connectivity index (χ0v) is 10.2. The van der Waals surface area contributed by atoms with Crippen molar-refractivity contribution in [2.45, 2.75) is 52.5 Å². The first-order valence-corrected chi connectivity index (χ1v) is 5.89. The van der Waals surface area contributed by atoms with Crippen LogP contribution in [0.2, 0.25) is 0 Å². The van der Waals surface area contributed by atoms with Crippen molar-refractivity contribution in [1.82, 2.24) is 5.32 Å². The van der Waals surface area contributed by atoms with Gasteiger partial charge in [0.15, 0.2) is 0 Å². The number of rotatable bonds is 4. The minimum absolute atomic E-state index is 0.144. The van der Waals surface area contributed by atoms with Crippen LogP contribution in [0.1, 0.15) is 46.5 Å². The first-order chi connectivity index (χ1) is 7.35. The van der Waals surface area contributed by atoms with E-state index >= 15 is 0 Å². The van der Waals surface area contributed by atoms with E-state index in [9.17, 15) is 9.59 Å². The minimum Gasteiger partial charge on any atom is -0.480 e. The second kappa shape index (κ2) is 4.85. The normalized spacial score (nSPS) is 19.4. The lowest BCUT2D eigenvalue weighted by atomic mass is 9.77. The van der Waals surface area contributed by atoms with Crippen LogP contribution in [-0.2, 0) is 9.59 Å². The molecule has 1 atom stereocenters. The maximum Gasteiger partial charge on any atom is 0.325 e. The summed E-state index contributed by atoms with van der Waals surface area (Å²) in [7, 11) is 0. The van der Waals surface area contributed by atoms with Crippen LogP contribution in [0.4, 0.5) is 0 Å². The zero-order chi connectivity index (χ0) is 12.3. The Labute approximate surface area is 96.4 Å². The summed E-state index contributed by atoms with van der Waals surface area (Å²) in [6.07, 6.45) is 4.50. The molecule has 0 aromatic carbocycles. The predicted octanol–water partition coefficient (Wildman–Crippen LogP) is 1.79. The summed E-state index contributed by atoms with van der Waals surface area (Å²) >= 11 is 0. The molecule has 0 saturated heterocycles. The molecule has 2 N–H and O–H groups in total. The van der Waals surface area contributed by atoms with Crippen molar-refractivity contribution in [3.05, 3.63) is 0 Å². The number of hydrogen-bond donors (Lipinski definition) is 2. The summed E-state index contributed by atoms with van der Waals surface area (Å²) in [5.41, 5.74) is -0.458. The lowest BCUT2D eigenvalue weighted by Gasteiger charge is -2.30.